The van der Waals surface area contributed by atoms with Gasteiger partial charge in [-0.25, -0.2) is 0 Å². The van der Waals surface area contributed by atoms with Crippen molar-refractivity contribution in [3.05, 3.63) is 36.2 Å². The van der Waals surface area contributed by atoms with Crippen LogP contribution in [0.5, 0.6) is 0 Å². The molecular weight excluding hydrogens is 264 g/mol. The monoisotopic (exact) mass is 284 g/mol. The van der Waals surface area contributed by atoms with E-state index in [-0.39, 0.29) is 5.91 Å². The topological polar surface area (TPSA) is 58.1 Å². The molecule has 21 heavy (non-hydrogen) atoms. The molecule has 1 aliphatic heterocycles. The molecular formula is C16H20N4O. The van der Waals surface area contributed by atoms with E-state index in [1.54, 1.807) is 12.4 Å². The number of rotatable bonds is 2. The number of likely N-dealkylation sites (tertiary alicyclic amines) is 1. The van der Waals surface area contributed by atoms with Gasteiger partial charge in [-0.15, -0.1) is 0 Å². The number of benzene rings is 1. The summed E-state index contributed by atoms with van der Waals surface area (Å²) in [7, 11) is 1.99. The Labute approximate surface area is 124 Å². The molecule has 2 atom stereocenters. The third-order valence-electron chi connectivity index (χ3n) is 4.28. The molecule has 1 aromatic heterocycles. The van der Waals surface area contributed by atoms with Crippen LogP contribution in [0, 0.1) is 5.92 Å². The minimum atomic E-state index is 0.0870. The first-order chi connectivity index (χ1) is 10.2. The molecule has 2 aromatic rings. The fraction of sp³-hybridized carbons (Fsp3) is 0.438. The van der Waals surface area contributed by atoms with Gasteiger partial charge in [0.15, 0.2) is 0 Å². The van der Waals surface area contributed by atoms with Crippen LogP contribution in [0.4, 0.5) is 0 Å². The molecule has 2 heterocycles. The van der Waals surface area contributed by atoms with Gasteiger partial charge in [0.1, 0.15) is 0 Å². The summed E-state index contributed by atoms with van der Waals surface area (Å²) in [5, 5.41) is 3.32. The SMILES string of the molecule is CNC1CCN(C(=O)c2ccc3nccnc3c2)CC1C. The highest BCUT2D eigenvalue weighted by Gasteiger charge is 2.28. The lowest BCUT2D eigenvalue weighted by molar-refractivity contribution is 0.0649. The summed E-state index contributed by atoms with van der Waals surface area (Å²) in [6.45, 7) is 3.78. The van der Waals surface area contributed by atoms with Crippen molar-refractivity contribution in [3.63, 3.8) is 0 Å². The smallest absolute Gasteiger partial charge is 0.253 e. The van der Waals surface area contributed by atoms with Crippen molar-refractivity contribution >= 4 is 16.9 Å². The van der Waals surface area contributed by atoms with Crippen LogP contribution < -0.4 is 5.32 Å². The van der Waals surface area contributed by atoms with Gasteiger partial charge in [0.25, 0.3) is 5.91 Å². The number of fused-ring (bicyclic) bond motifs is 1. The second-order valence-electron chi connectivity index (χ2n) is 5.67. The molecule has 5 heteroatoms. The first-order valence-corrected chi connectivity index (χ1v) is 7.36. The predicted octanol–water partition coefficient (Wildman–Crippen LogP) is 1.70. The second kappa shape index (κ2) is 5.77. The average molecular weight is 284 g/mol. The molecule has 0 spiro atoms. The van der Waals surface area contributed by atoms with Gasteiger partial charge in [-0.2, -0.15) is 0 Å². The summed E-state index contributed by atoms with van der Waals surface area (Å²) in [6.07, 6.45) is 4.31. The number of carbonyl (C=O) groups excluding carboxylic acids is 1. The fourth-order valence-electron chi connectivity index (χ4n) is 3.04. The fourth-order valence-corrected chi connectivity index (χ4v) is 3.04. The minimum absolute atomic E-state index is 0.0870. The number of nitrogens with zero attached hydrogens (tertiary/aromatic N) is 3. The van der Waals surface area contributed by atoms with E-state index in [0.29, 0.717) is 17.5 Å². The van der Waals surface area contributed by atoms with Crippen molar-refractivity contribution in [2.45, 2.75) is 19.4 Å². The zero-order chi connectivity index (χ0) is 14.8. The van der Waals surface area contributed by atoms with Gasteiger partial charge < -0.3 is 10.2 Å². The number of piperidine rings is 1. The summed E-state index contributed by atoms with van der Waals surface area (Å²) < 4.78 is 0. The minimum Gasteiger partial charge on any atom is -0.338 e. The highest BCUT2D eigenvalue weighted by atomic mass is 16.2. The summed E-state index contributed by atoms with van der Waals surface area (Å²) in [5.74, 6) is 0.553. The molecule has 2 unspecified atom stereocenters. The van der Waals surface area contributed by atoms with Gasteiger partial charge in [-0.3, -0.25) is 14.8 Å². The number of hydrogen-bond donors (Lipinski definition) is 1. The first-order valence-electron chi connectivity index (χ1n) is 7.36. The summed E-state index contributed by atoms with van der Waals surface area (Å²) in [5.41, 5.74) is 2.27. The van der Waals surface area contributed by atoms with Crippen LogP contribution in [0.25, 0.3) is 11.0 Å². The molecule has 0 bridgehead atoms. The largest absolute Gasteiger partial charge is 0.338 e. The van der Waals surface area contributed by atoms with E-state index in [1.807, 2.05) is 30.1 Å². The lowest BCUT2D eigenvalue weighted by Gasteiger charge is -2.36. The van der Waals surface area contributed by atoms with E-state index in [9.17, 15) is 4.79 Å². The molecule has 0 saturated carbocycles. The quantitative estimate of drug-likeness (QED) is 0.912. The van der Waals surface area contributed by atoms with Gasteiger partial charge in [0, 0.05) is 37.1 Å². The van der Waals surface area contributed by atoms with E-state index >= 15 is 0 Å². The standard InChI is InChI=1S/C16H20N4O/c1-11-10-20(8-5-13(11)17-2)16(21)12-3-4-14-15(9-12)19-7-6-18-14/h3-4,6-7,9,11,13,17H,5,8,10H2,1-2H3. The van der Waals surface area contributed by atoms with Crippen LogP contribution in [0.15, 0.2) is 30.6 Å². The molecule has 1 amide bonds. The molecule has 0 radical (unpaired) electrons. The lowest BCUT2D eigenvalue weighted by atomic mass is 9.93. The van der Waals surface area contributed by atoms with E-state index in [4.69, 9.17) is 0 Å². The Balaban J connectivity index is 1.80. The predicted molar refractivity (Wildman–Crippen MR) is 82.1 cm³/mol. The molecule has 3 rings (SSSR count). The molecule has 1 aliphatic rings. The Morgan fingerprint density at radius 3 is 2.76 bits per heavy atom. The summed E-state index contributed by atoms with van der Waals surface area (Å²) >= 11 is 0. The third kappa shape index (κ3) is 2.74. The Morgan fingerprint density at radius 2 is 2.05 bits per heavy atom. The molecule has 110 valence electrons. The number of nitrogens with one attached hydrogen (secondary N) is 1. The Morgan fingerprint density at radius 1 is 1.29 bits per heavy atom. The summed E-state index contributed by atoms with van der Waals surface area (Å²) in [6, 6.07) is 6.03. The lowest BCUT2D eigenvalue weighted by Crippen LogP contribution is -2.49. The molecule has 1 fully saturated rings. The van der Waals surface area contributed by atoms with E-state index in [2.05, 4.69) is 22.2 Å². The molecule has 0 aliphatic carbocycles. The molecule has 1 aromatic carbocycles. The van der Waals surface area contributed by atoms with Crippen molar-refractivity contribution < 1.29 is 4.79 Å². The van der Waals surface area contributed by atoms with Crippen molar-refractivity contribution in [1.82, 2.24) is 20.2 Å². The van der Waals surface area contributed by atoms with Gasteiger partial charge in [0.2, 0.25) is 0 Å². The van der Waals surface area contributed by atoms with E-state index < -0.39 is 0 Å². The van der Waals surface area contributed by atoms with Crippen LogP contribution in [0.3, 0.4) is 0 Å². The Bertz CT molecular complexity index is 658. The van der Waals surface area contributed by atoms with Gasteiger partial charge >= 0.3 is 0 Å². The maximum absolute atomic E-state index is 12.6. The number of carbonyl (C=O) groups is 1. The summed E-state index contributed by atoms with van der Waals surface area (Å²) in [4.78, 5) is 23.1. The second-order valence-corrected chi connectivity index (χ2v) is 5.67. The number of hydrogen-bond acceptors (Lipinski definition) is 4. The van der Waals surface area contributed by atoms with Gasteiger partial charge in [-0.05, 0) is 37.6 Å². The van der Waals surface area contributed by atoms with E-state index in [0.717, 1.165) is 30.5 Å². The third-order valence-corrected chi connectivity index (χ3v) is 4.28. The zero-order valence-corrected chi connectivity index (χ0v) is 12.4. The van der Waals surface area contributed by atoms with Crippen LogP contribution in [0.1, 0.15) is 23.7 Å². The highest BCUT2D eigenvalue weighted by Crippen LogP contribution is 2.20. The zero-order valence-electron chi connectivity index (χ0n) is 12.4. The molecule has 1 saturated heterocycles. The van der Waals surface area contributed by atoms with Gasteiger partial charge in [-0.1, -0.05) is 6.92 Å². The van der Waals surface area contributed by atoms with Crippen molar-refractivity contribution in [1.29, 1.82) is 0 Å². The maximum atomic E-state index is 12.6. The van der Waals surface area contributed by atoms with Crippen LogP contribution in [-0.2, 0) is 0 Å². The van der Waals surface area contributed by atoms with Gasteiger partial charge in [0.05, 0.1) is 11.0 Å². The van der Waals surface area contributed by atoms with Crippen molar-refractivity contribution in [2.24, 2.45) is 5.92 Å². The number of aromatic nitrogens is 2. The van der Waals surface area contributed by atoms with E-state index in [1.165, 1.54) is 0 Å². The Hall–Kier alpha value is -2.01. The normalized spacial score (nSPS) is 22.5. The Kier molecular flexibility index (Phi) is 3.84. The molecule has 1 N–H and O–H groups in total. The van der Waals surface area contributed by atoms with Crippen LogP contribution >= 0.6 is 0 Å². The van der Waals surface area contributed by atoms with Crippen LogP contribution in [0.2, 0.25) is 0 Å². The average Bonchev–Trinajstić information content (AvgIpc) is 2.53. The van der Waals surface area contributed by atoms with Crippen molar-refractivity contribution in [2.75, 3.05) is 20.1 Å². The highest BCUT2D eigenvalue weighted by molar-refractivity contribution is 5.97. The number of amides is 1. The van der Waals surface area contributed by atoms with Crippen LogP contribution in [-0.4, -0.2) is 47.0 Å². The first kappa shape index (κ1) is 13.9. The maximum Gasteiger partial charge on any atom is 0.253 e. The van der Waals surface area contributed by atoms with Crippen molar-refractivity contribution in [3.8, 4) is 0 Å². The molecule has 5 nitrogen and oxygen atoms in total.